The van der Waals surface area contributed by atoms with Crippen LogP contribution in [0.25, 0.3) is 0 Å². The number of nitrogens with zero attached hydrogens (tertiary/aromatic N) is 5. The highest BCUT2D eigenvalue weighted by atomic mass is 32.2. The topological polar surface area (TPSA) is 68.5 Å². The van der Waals surface area contributed by atoms with Crippen LogP contribution in [0.1, 0.15) is 37.2 Å². The van der Waals surface area contributed by atoms with Gasteiger partial charge in [0.1, 0.15) is 17.2 Å². The monoisotopic (exact) mass is 322 g/mol. The lowest BCUT2D eigenvalue weighted by molar-refractivity contribution is 0.436. The SMILES string of the molecule is CCc1ncnc(Sc2nnc(C3CCCNC3)n2C)c1F. The third-order valence-corrected chi connectivity index (χ3v) is 4.90. The molecule has 1 aliphatic heterocycles. The molecule has 0 aromatic carbocycles. The van der Waals surface area contributed by atoms with Crippen molar-refractivity contribution in [1.82, 2.24) is 30.0 Å². The van der Waals surface area contributed by atoms with Crippen LogP contribution in [-0.4, -0.2) is 37.8 Å². The average Bonchev–Trinajstić information content (AvgIpc) is 2.91. The number of nitrogens with one attached hydrogen (secondary N) is 1. The van der Waals surface area contributed by atoms with Crippen LogP contribution in [0.3, 0.4) is 0 Å². The van der Waals surface area contributed by atoms with Crippen LogP contribution in [0.15, 0.2) is 16.5 Å². The third-order valence-electron chi connectivity index (χ3n) is 3.88. The number of rotatable bonds is 4. The van der Waals surface area contributed by atoms with E-state index in [-0.39, 0.29) is 5.82 Å². The number of hydrogen-bond acceptors (Lipinski definition) is 6. The molecule has 0 aliphatic carbocycles. The van der Waals surface area contributed by atoms with Crippen LogP contribution < -0.4 is 5.32 Å². The van der Waals surface area contributed by atoms with Crippen molar-refractivity contribution >= 4 is 11.8 Å². The quantitative estimate of drug-likeness (QED) is 0.868. The van der Waals surface area contributed by atoms with Gasteiger partial charge in [-0.15, -0.1) is 10.2 Å². The van der Waals surface area contributed by atoms with Gasteiger partial charge in [0.15, 0.2) is 11.0 Å². The molecule has 2 aromatic heterocycles. The molecule has 0 amide bonds. The first kappa shape index (κ1) is 15.4. The molecule has 1 N–H and O–H groups in total. The Labute approximate surface area is 133 Å². The van der Waals surface area contributed by atoms with E-state index < -0.39 is 0 Å². The Morgan fingerprint density at radius 1 is 1.41 bits per heavy atom. The van der Waals surface area contributed by atoms with E-state index in [1.807, 2.05) is 18.5 Å². The molecule has 0 spiro atoms. The molecule has 1 atom stereocenters. The van der Waals surface area contributed by atoms with E-state index in [1.165, 1.54) is 18.1 Å². The lowest BCUT2D eigenvalue weighted by atomic mass is 9.99. The summed E-state index contributed by atoms with van der Waals surface area (Å²) in [4.78, 5) is 7.98. The second-order valence-electron chi connectivity index (χ2n) is 5.34. The first-order valence-electron chi connectivity index (χ1n) is 7.48. The molecule has 0 bridgehead atoms. The van der Waals surface area contributed by atoms with Gasteiger partial charge in [-0.25, -0.2) is 14.4 Å². The van der Waals surface area contributed by atoms with Gasteiger partial charge in [-0.05, 0) is 37.6 Å². The molecule has 1 aliphatic rings. The largest absolute Gasteiger partial charge is 0.316 e. The molecule has 0 radical (unpaired) electrons. The predicted molar refractivity (Wildman–Crippen MR) is 81.3 cm³/mol. The molecule has 1 saturated heterocycles. The summed E-state index contributed by atoms with van der Waals surface area (Å²) in [5.74, 6) is 0.945. The van der Waals surface area contributed by atoms with Gasteiger partial charge in [0.05, 0.1) is 5.69 Å². The number of piperidine rings is 1. The molecule has 1 fully saturated rings. The molecular formula is C14H19FN6S. The van der Waals surface area contributed by atoms with E-state index in [1.54, 1.807) is 0 Å². The fraction of sp³-hybridized carbons (Fsp3) is 0.571. The third kappa shape index (κ3) is 2.98. The summed E-state index contributed by atoms with van der Waals surface area (Å²) in [6.45, 7) is 3.84. The number of aromatic nitrogens is 5. The minimum atomic E-state index is -0.362. The van der Waals surface area contributed by atoms with E-state index >= 15 is 0 Å². The summed E-state index contributed by atoms with van der Waals surface area (Å²) in [5, 5.41) is 12.8. The van der Waals surface area contributed by atoms with Crippen LogP contribution in [0.4, 0.5) is 4.39 Å². The number of aryl methyl sites for hydroxylation is 1. The van der Waals surface area contributed by atoms with Gasteiger partial charge in [-0.3, -0.25) is 0 Å². The van der Waals surface area contributed by atoms with Crippen molar-refractivity contribution in [3.63, 3.8) is 0 Å². The second kappa shape index (κ2) is 6.70. The van der Waals surface area contributed by atoms with Crippen LogP contribution in [-0.2, 0) is 13.5 Å². The van der Waals surface area contributed by atoms with Crippen LogP contribution in [0.5, 0.6) is 0 Å². The molecule has 118 valence electrons. The first-order valence-corrected chi connectivity index (χ1v) is 8.29. The lowest BCUT2D eigenvalue weighted by Gasteiger charge is -2.21. The summed E-state index contributed by atoms with van der Waals surface area (Å²) >= 11 is 1.20. The summed E-state index contributed by atoms with van der Waals surface area (Å²) in [6.07, 6.45) is 4.18. The average molecular weight is 322 g/mol. The van der Waals surface area contributed by atoms with Gasteiger partial charge < -0.3 is 9.88 Å². The molecule has 3 rings (SSSR count). The Balaban J connectivity index is 1.83. The van der Waals surface area contributed by atoms with Gasteiger partial charge in [0, 0.05) is 19.5 Å². The maximum atomic E-state index is 14.2. The second-order valence-corrected chi connectivity index (χ2v) is 6.29. The van der Waals surface area contributed by atoms with Crippen LogP contribution >= 0.6 is 11.8 Å². The number of halogens is 1. The van der Waals surface area contributed by atoms with Crippen molar-refractivity contribution < 1.29 is 4.39 Å². The predicted octanol–water partition coefficient (Wildman–Crippen LogP) is 1.92. The van der Waals surface area contributed by atoms with Gasteiger partial charge in [-0.2, -0.15) is 0 Å². The van der Waals surface area contributed by atoms with E-state index in [4.69, 9.17) is 0 Å². The fourth-order valence-electron chi connectivity index (χ4n) is 2.63. The molecule has 1 unspecified atom stereocenters. The van der Waals surface area contributed by atoms with E-state index in [0.717, 1.165) is 31.8 Å². The Hall–Kier alpha value is -1.54. The Morgan fingerprint density at radius 2 is 2.27 bits per heavy atom. The summed E-state index contributed by atoms with van der Waals surface area (Å²) in [7, 11) is 1.92. The molecule has 22 heavy (non-hydrogen) atoms. The Kier molecular flexibility index (Phi) is 4.68. The van der Waals surface area contributed by atoms with Crippen molar-refractivity contribution in [2.45, 2.75) is 42.3 Å². The van der Waals surface area contributed by atoms with E-state index in [9.17, 15) is 4.39 Å². The highest BCUT2D eigenvalue weighted by molar-refractivity contribution is 7.99. The maximum absolute atomic E-state index is 14.2. The zero-order valence-corrected chi connectivity index (χ0v) is 13.5. The molecule has 0 saturated carbocycles. The van der Waals surface area contributed by atoms with Crippen molar-refractivity contribution in [1.29, 1.82) is 0 Å². The summed E-state index contributed by atoms with van der Waals surface area (Å²) < 4.78 is 16.2. The minimum absolute atomic E-state index is 0.302. The first-order chi connectivity index (χ1) is 10.7. The normalized spacial score (nSPS) is 18.6. The van der Waals surface area contributed by atoms with E-state index in [0.29, 0.717) is 28.2 Å². The summed E-state index contributed by atoms with van der Waals surface area (Å²) in [6, 6.07) is 0. The van der Waals surface area contributed by atoms with E-state index in [2.05, 4.69) is 25.5 Å². The van der Waals surface area contributed by atoms with Gasteiger partial charge in [0.25, 0.3) is 0 Å². The lowest BCUT2D eigenvalue weighted by Crippen LogP contribution is -2.29. The van der Waals surface area contributed by atoms with Crippen molar-refractivity contribution in [3.05, 3.63) is 23.7 Å². The van der Waals surface area contributed by atoms with Gasteiger partial charge in [-0.1, -0.05) is 6.92 Å². The Bertz CT molecular complexity index is 653. The highest BCUT2D eigenvalue weighted by Gasteiger charge is 2.23. The highest BCUT2D eigenvalue weighted by Crippen LogP contribution is 2.30. The summed E-state index contributed by atoms with van der Waals surface area (Å²) in [5.41, 5.74) is 0.427. The van der Waals surface area contributed by atoms with Crippen LogP contribution in [0.2, 0.25) is 0 Å². The fourth-order valence-corrected chi connectivity index (χ4v) is 3.43. The zero-order chi connectivity index (χ0) is 15.5. The molecule has 6 nitrogen and oxygen atoms in total. The Morgan fingerprint density at radius 3 is 3.00 bits per heavy atom. The van der Waals surface area contributed by atoms with Crippen molar-refractivity contribution in [2.75, 3.05) is 13.1 Å². The minimum Gasteiger partial charge on any atom is -0.316 e. The smallest absolute Gasteiger partial charge is 0.197 e. The molecule has 3 heterocycles. The molecule has 2 aromatic rings. The van der Waals surface area contributed by atoms with Crippen molar-refractivity contribution in [2.24, 2.45) is 7.05 Å². The molecular weight excluding hydrogens is 303 g/mol. The standard InChI is InChI=1S/C14H19FN6S/c1-3-10-11(15)13(18-8-17-10)22-14-20-19-12(21(14)2)9-5-4-6-16-7-9/h8-9,16H,3-7H2,1-2H3. The van der Waals surface area contributed by atoms with Gasteiger partial charge in [0.2, 0.25) is 0 Å². The van der Waals surface area contributed by atoms with Crippen molar-refractivity contribution in [3.8, 4) is 0 Å². The maximum Gasteiger partial charge on any atom is 0.197 e. The molecule has 8 heteroatoms. The van der Waals surface area contributed by atoms with Crippen LogP contribution in [0, 0.1) is 5.82 Å². The number of hydrogen-bond donors (Lipinski definition) is 1. The van der Waals surface area contributed by atoms with Gasteiger partial charge >= 0.3 is 0 Å². The zero-order valence-electron chi connectivity index (χ0n) is 12.7.